The lowest BCUT2D eigenvalue weighted by molar-refractivity contribution is -0.108. The van der Waals surface area contributed by atoms with Crippen LogP contribution < -0.4 is 10.5 Å². The lowest BCUT2D eigenvalue weighted by Gasteiger charge is -2.38. The van der Waals surface area contributed by atoms with Crippen molar-refractivity contribution < 1.29 is 9.47 Å². The third kappa shape index (κ3) is 2.75. The Kier molecular flexibility index (Phi) is 3.72. The molecule has 0 radical (unpaired) electrons. The summed E-state index contributed by atoms with van der Waals surface area (Å²) in [6, 6.07) is 5.77. The normalized spacial score (nSPS) is 25.6. The van der Waals surface area contributed by atoms with Crippen LogP contribution in [0, 0.1) is 0 Å². The summed E-state index contributed by atoms with van der Waals surface area (Å²) >= 11 is 3.50. The number of benzene rings is 1. The van der Waals surface area contributed by atoms with E-state index < -0.39 is 0 Å². The highest BCUT2D eigenvalue weighted by molar-refractivity contribution is 9.10. The van der Waals surface area contributed by atoms with Gasteiger partial charge in [-0.3, -0.25) is 0 Å². The van der Waals surface area contributed by atoms with Crippen LogP contribution in [0.3, 0.4) is 0 Å². The zero-order valence-electron chi connectivity index (χ0n) is 11.0. The van der Waals surface area contributed by atoms with Gasteiger partial charge in [-0.1, -0.05) is 18.9 Å². The number of anilines is 1. The molecule has 1 aromatic rings. The van der Waals surface area contributed by atoms with Gasteiger partial charge in [-0.15, -0.1) is 0 Å². The Morgan fingerprint density at radius 2 is 2.11 bits per heavy atom. The number of hydrogen-bond acceptors (Lipinski definition) is 3. The quantitative estimate of drug-likeness (QED) is 0.838. The van der Waals surface area contributed by atoms with Crippen molar-refractivity contribution in [3.05, 3.63) is 22.7 Å². The van der Waals surface area contributed by atoms with E-state index in [0.717, 1.165) is 35.4 Å². The summed E-state index contributed by atoms with van der Waals surface area (Å²) in [6.07, 6.45) is 7.15. The second kappa shape index (κ2) is 5.33. The molecule has 0 amide bonds. The molecule has 104 valence electrons. The van der Waals surface area contributed by atoms with Crippen LogP contribution in [0.4, 0.5) is 5.69 Å². The van der Waals surface area contributed by atoms with Gasteiger partial charge in [-0.2, -0.15) is 0 Å². The second-order valence-electron chi connectivity index (χ2n) is 5.63. The average Bonchev–Trinajstić information content (AvgIpc) is 2.83. The van der Waals surface area contributed by atoms with E-state index in [2.05, 4.69) is 15.9 Å². The van der Waals surface area contributed by atoms with Crippen molar-refractivity contribution in [3.63, 3.8) is 0 Å². The van der Waals surface area contributed by atoms with Gasteiger partial charge >= 0.3 is 0 Å². The summed E-state index contributed by atoms with van der Waals surface area (Å²) in [5, 5.41) is 0. The second-order valence-corrected chi connectivity index (χ2v) is 6.42. The molecule has 1 spiro atoms. The predicted octanol–water partition coefficient (Wildman–Crippen LogP) is 3.90. The molecule has 1 unspecified atom stereocenters. The van der Waals surface area contributed by atoms with Crippen LogP contribution in [0.25, 0.3) is 0 Å². The average molecular weight is 326 g/mol. The van der Waals surface area contributed by atoms with Crippen molar-refractivity contribution in [1.29, 1.82) is 0 Å². The highest BCUT2D eigenvalue weighted by atomic mass is 79.9. The van der Waals surface area contributed by atoms with Gasteiger partial charge < -0.3 is 15.2 Å². The lowest BCUT2D eigenvalue weighted by Crippen LogP contribution is -2.41. The van der Waals surface area contributed by atoms with E-state index in [0.29, 0.717) is 0 Å². The highest BCUT2D eigenvalue weighted by Crippen LogP contribution is 2.41. The number of rotatable bonds is 2. The van der Waals surface area contributed by atoms with Crippen molar-refractivity contribution in [3.8, 4) is 5.75 Å². The first-order valence-electron chi connectivity index (χ1n) is 7.03. The largest absolute Gasteiger partial charge is 0.489 e. The van der Waals surface area contributed by atoms with Gasteiger partial charge in [0, 0.05) is 18.5 Å². The zero-order valence-corrected chi connectivity index (χ0v) is 12.6. The summed E-state index contributed by atoms with van der Waals surface area (Å²) in [5.74, 6) is 0.847. The Balaban J connectivity index is 1.71. The van der Waals surface area contributed by atoms with Gasteiger partial charge in [-0.05, 0) is 40.9 Å². The first-order valence-corrected chi connectivity index (χ1v) is 7.82. The molecule has 19 heavy (non-hydrogen) atoms. The molecule has 0 aromatic heterocycles. The maximum absolute atomic E-state index is 6.15. The van der Waals surface area contributed by atoms with Crippen molar-refractivity contribution in [1.82, 2.24) is 0 Å². The maximum Gasteiger partial charge on any atom is 0.135 e. The number of nitrogens with two attached hydrogens (primary N) is 1. The first-order chi connectivity index (χ1) is 9.19. The van der Waals surface area contributed by atoms with Gasteiger partial charge in [0.25, 0.3) is 0 Å². The Bertz CT molecular complexity index is 457. The molecule has 1 aliphatic heterocycles. The SMILES string of the molecule is Nc1cccc(OC2CCOC3(CCCC3)C2)c1Br. The fraction of sp³-hybridized carbons (Fsp3) is 0.600. The molecule has 1 saturated heterocycles. The standard InChI is InChI=1S/C15H20BrNO2/c16-14-12(17)4-3-5-13(14)19-11-6-9-18-15(10-11)7-1-2-8-15/h3-5,11H,1-2,6-10,17H2. The topological polar surface area (TPSA) is 44.5 Å². The number of hydrogen-bond donors (Lipinski definition) is 1. The molecule has 2 N–H and O–H groups in total. The van der Waals surface area contributed by atoms with Crippen LogP contribution in [0.15, 0.2) is 22.7 Å². The Morgan fingerprint density at radius 3 is 2.89 bits per heavy atom. The van der Waals surface area contributed by atoms with Crippen molar-refractivity contribution in [2.75, 3.05) is 12.3 Å². The molecule has 3 rings (SSSR count). The van der Waals surface area contributed by atoms with Crippen molar-refractivity contribution in [2.45, 2.75) is 50.2 Å². The van der Waals surface area contributed by atoms with E-state index in [1.807, 2.05) is 18.2 Å². The number of halogens is 1. The maximum atomic E-state index is 6.15. The van der Waals surface area contributed by atoms with Crippen LogP contribution in [0.5, 0.6) is 5.75 Å². The first kappa shape index (κ1) is 13.3. The molecular formula is C15H20BrNO2. The molecular weight excluding hydrogens is 306 g/mol. The summed E-state index contributed by atoms with van der Waals surface area (Å²) in [6.45, 7) is 0.810. The van der Waals surface area contributed by atoms with Crippen LogP contribution >= 0.6 is 15.9 Å². The lowest BCUT2D eigenvalue weighted by atomic mass is 9.90. The fourth-order valence-electron chi connectivity index (χ4n) is 3.25. The molecule has 3 nitrogen and oxygen atoms in total. The van der Waals surface area contributed by atoms with E-state index in [1.54, 1.807) is 0 Å². The van der Waals surface area contributed by atoms with Crippen LogP contribution in [0.2, 0.25) is 0 Å². The fourth-order valence-corrected chi connectivity index (χ4v) is 3.61. The van der Waals surface area contributed by atoms with Gasteiger partial charge in [0.05, 0.1) is 16.7 Å². The molecule has 2 aliphatic rings. The highest BCUT2D eigenvalue weighted by Gasteiger charge is 2.40. The number of ether oxygens (including phenoxy) is 2. The summed E-state index contributed by atoms with van der Waals surface area (Å²) < 4.78 is 13.0. The predicted molar refractivity (Wildman–Crippen MR) is 79.4 cm³/mol. The van der Waals surface area contributed by atoms with Crippen LogP contribution in [0.1, 0.15) is 38.5 Å². The third-order valence-electron chi connectivity index (χ3n) is 4.25. The van der Waals surface area contributed by atoms with Gasteiger partial charge in [0.2, 0.25) is 0 Å². The van der Waals surface area contributed by atoms with E-state index in [9.17, 15) is 0 Å². The smallest absolute Gasteiger partial charge is 0.135 e. The molecule has 2 fully saturated rings. The summed E-state index contributed by atoms with van der Waals surface area (Å²) in [4.78, 5) is 0. The summed E-state index contributed by atoms with van der Waals surface area (Å²) in [5.41, 5.74) is 6.71. The van der Waals surface area contributed by atoms with E-state index in [1.165, 1.54) is 25.7 Å². The Hall–Kier alpha value is -0.740. The Labute approximate surface area is 122 Å². The molecule has 1 aromatic carbocycles. The van der Waals surface area contributed by atoms with E-state index >= 15 is 0 Å². The van der Waals surface area contributed by atoms with Crippen molar-refractivity contribution in [2.24, 2.45) is 0 Å². The van der Waals surface area contributed by atoms with E-state index in [-0.39, 0.29) is 11.7 Å². The van der Waals surface area contributed by atoms with Gasteiger partial charge in [-0.25, -0.2) is 0 Å². The molecule has 1 atom stereocenters. The van der Waals surface area contributed by atoms with Crippen LogP contribution in [-0.2, 0) is 4.74 Å². The van der Waals surface area contributed by atoms with Crippen molar-refractivity contribution >= 4 is 21.6 Å². The number of nitrogen functional groups attached to an aromatic ring is 1. The minimum atomic E-state index is 0.0930. The Morgan fingerprint density at radius 1 is 1.32 bits per heavy atom. The molecule has 4 heteroatoms. The van der Waals surface area contributed by atoms with Gasteiger partial charge in [0.1, 0.15) is 11.9 Å². The summed E-state index contributed by atoms with van der Waals surface area (Å²) in [7, 11) is 0. The molecule has 1 saturated carbocycles. The minimum Gasteiger partial charge on any atom is -0.489 e. The monoisotopic (exact) mass is 325 g/mol. The molecule has 1 heterocycles. The van der Waals surface area contributed by atoms with Crippen LogP contribution in [-0.4, -0.2) is 18.3 Å². The molecule has 0 bridgehead atoms. The van der Waals surface area contributed by atoms with Gasteiger partial charge in [0.15, 0.2) is 0 Å². The molecule has 1 aliphatic carbocycles. The third-order valence-corrected chi connectivity index (χ3v) is 5.10. The minimum absolute atomic E-state index is 0.0930. The zero-order chi connectivity index (χ0) is 13.3. The van der Waals surface area contributed by atoms with E-state index in [4.69, 9.17) is 15.2 Å².